The predicted octanol–water partition coefficient (Wildman–Crippen LogP) is 1.24. The predicted molar refractivity (Wildman–Crippen MR) is 103 cm³/mol. The summed E-state index contributed by atoms with van der Waals surface area (Å²) in [6, 6.07) is 3.89. The van der Waals surface area contributed by atoms with Crippen LogP contribution in [0.5, 0.6) is 0 Å². The van der Waals surface area contributed by atoms with E-state index < -0.39 is 23.7 Å². The summed E-state index contributed by atoms with van der Waals surface area (Å²) >= 11 is 5.83. The molecular weight excluding hydrogens is 391 g/mol. The molecule has 154 valence electrons. The number of methoxy groups -OCH3 is 1. The molecule has 1 aromatic carbocycles. The van der Waals surface area contributed by atoms with Gasteiger partial charge in [0, 0.05) is 45.5 Å². The summed E-state index contributed by atoms with van der Waals surface area (Å²) in [5.74, 6) is -1.54. The molecule has 0 radical (unpaired) electrons. The van der Waals surface area contributed by atoms with Crippen LogP contribution in [0.15, 0.2) is 18.2 Å². The van der Waals surface area contributed by atoms with Gasteiger partial charge in [0.2, 0.25) is 5.91 Å². The maximum Gasteiger partial charge on any atom is 0.321 e. The highest BCUT2D eigenvalue weighted by molar-refractivity contribution is 6.31. The summed E-state index contributed by atoms with van der Waals surface area (Å²) in [5, 5.41) is 4.68. The van der Waals surface area contributed by atoms with Gasteiger partial charge in [-0.3, -0.25) is 14.9 Å². The molecule has 0 bridgehead atoms. The fraction of sp³-hybridized carbons (Fsp3) is 0.500. The van der Waals surface area contributed by atoms with Crippen LogP contribution in [0.3, 0.4) is 0 Å². The number of piperazine rings is 1. The van der Waals surface area contributed by atoms with Crippen LogP contribution >= 0.6 is 11.6 Å². The molecule has 2 rings (SSSR count). The van der Waals surface area contributed by atoms with Crippen LogP contribution in [0.4, 0.5) is 14.9 Å². The minimum atomic E-state index is -0.667. The number of anilines is 1. The van der Waals surface area contributed by atoms with E-state index in [4.69, 9.17) is 11.6 Å². The van der Waals surface area contributed by atoms with E-state index in [1.54, 1.807) is 24.0 Å². The van der Waals surface area contributed by atoms with Crippen molar-refractivity contribution in [2.75, 3.05) is 51.3 Å². The van der Waals surface area contributed by atoms with Gasteiger partial charge in [0.05, 0.1) is 10.9 Å². The highest BCUT2D eigenvalue weighted by Crippen LogP contribution is 2.23. The number of amides is 4. The number of imide groups is 1. The first-order valence-corrected chi connectivity index (χ1v) is 9.25. The molecule has 1 heterocycles. The van der Waals surface area contributed by atoms with Gasteiger partial charge in [-0.25, -0.2) is 9.18 Å². The second-order valence-corrected chi connectivity index (χ2v) is 6.91. The van der Waals surface area contributed by atoms with Crippen LogP contribution in [-0.2, 0) is 14.3 Å². The molecule has 0 unspecified atom stereocenters. The normalized spacial score (nSPS) is 15.1. The van der Waals surface area contributed by atoms with Crippen molar-refractivity contribution in [1.82, 2.24) is 15.5 Å². The van der Waals surface area contributed by atoms with E-state index in [1.807, 2.05) is 4.90 Å². The topological polar surface area (TPSA) is 91.0 Å². The number of urea groups is 1. The zero-order chi connectivity index (χ0) is 20.7. The lowest BCUT2D eigenvalue weighted by molar-refractivity contribution is -0.135. The van der Waals surface area contributed by atoms with Gasteiger partial charge in [0.1, 0.15) is 12.4 Å². The number of nitrogens with zero attached hydrogens (tertiary/aromatic N) is 2. The van der Waals surface area contributed by atoms with Crippen molar-refractivity contribution >= 4 is 35.1 Å². The first-order valence-electron chi connectivity index (χ1n) is 8.87. The van der Waals surface area contributed by atoms with Gasteiger partial charge in [-0.15, -0.1) is 0 Å². The fourth-order valence-corrected chi connectivity index (χ4v) is 3.02. The molecule has 1 aromatic rings. The summed E-state index contributed by atoms with van der Waals surface area (Å²) in [6.45, 7) is 3.82. The molecule has 1 saturated heterocycles. The van der Waals surface area contributed by atoms with Crippen molar-refractivity contribution in [3.05, 3.63) is 29.0 Å². The Morgan fingerprint density at radius 1 is 1.25 bits per heavy atom. The van der Waals surface area contributed by atoms with E-state index in [0.29, 0.717) is 26.2 Å². The summed E-state index contributed by atoms with van der Waals surface area (Å²) in [7, 11) is 1.35. The van der Waals surface area contributed by atoms with Gasteiger partial charge >= 0.3 is 6.03 Å². The van der Waals surface area contributed by atoms with Crippen molar-refractivity contribution in [3.8, 4) is 0 Å². The number of benzene rings is 1. The Morgan fingerprint density at radius 3 is 2.54 bits per heavy atom. The Kier molecular flexibility index (Phi) is 8.01. The van der Waals surface area contributed by atoms with Crippen LogP contribution in [0.1, 0.15) is 6.92 Å². The number of nitrogens with one attached hydrogen (secondary N) is 2. The molecule has 2 N–H and O–H groups in total. The molecule has 1 atom stereocenters. The van der Waals surface area contributed by atoms with Gasteiger partial charge in [0.15, 0.2) is 0 Å². The zero-order valence-corrected chi connectivity index (χ0v) is 16.6. The number of hydrogen-bond donors (Lipinski definition) is 2. The highest BCUT2D eigenvalue weighted by atomic mass is 35.5. The smallest absolute Gasteiger partial charge is 0.321 e. The SMILES string of the molecule is COCC(=O)NC(=O)NC[C@H](C)C(=O)N1CCN(c2ccc(F)c(Cl)c2)CC1. The monoisotopic (exact) mass is 414 g/mol. The van der Waals surface area contributed by atoms with Gasteiger partial charge in [-0.2, -0.15) is 0 Å². The number of carbonyl (C=O) groups excluding carboxylic acids is 3. The van der Waals surface area contributed by atoms with Crippen LogP contribution in [0.25, 0.3) is 0 Å². The molecule has 0 spiro atoms. The third-order valence-electron chi connectivity index (χ3n) is 4.38. The van der Waals surface area contributed by atoms with E-state index in [0.717, 1.165) is 5.69 Å². The van der Waals surface area contributed by atoms with Crippen molar-refractivity contribution in [3.63, 3.8) is 0 Å². The maximum atomic E-state index is 13.3. The molecule has 4 amide bonds. The molecule has 28 heavy (non-hydrogen) atoms. The van der Waals surface area contributed by atoms with E-state index >= 15 is 0 Å². The lowest BCUT2D eigenvalue weighted by atomic mass is 10.1. The number of carbonyl (C=O) groups is 3. The minimum Gasteiger partial charge on any atom is -0.375 e. The second-order valence-electron chi connectivity index (χ2n) is 6.50. The first kappa shape index (κ1) is 21.9. The van der Waals surface area contributed by atoms with Crippen LogP contribution in [0.2, 0.25) is 5.02 Å². The standard InChI is InChI=1S/C18H24ClFN4O4/c1-12(10-21-18(27)22-16(25)11-28-2)17(26)24-7-5-23(6-8-24)13-3-4-15(20)14(19)9-13/h3-4,9,12H,5-8,10-11H2,1-2H3,(H2,21,22,25,27)/t12-/m0/s1. The van der Waals surface area contributed by atoms with Crippen molar-refractivity contribution in [2.45, 2.75) is 6.92 Å². The molecule has 10 heteroatoms. The minimum absolute atomic E-state index is 0.0676. The van der Waals surface area contributed by atoms with E-state index in [1.165, 1.54) is 13.2 Å². The number of rotatable bonds is 6. The average molecular weight is 415 g/mol. The number of halogens is 2. The van der Waals surface area contributed by atoms with Gasteiger partial charge < -0.3 is 19.9 Å². The first-order chi connectivity index (χ1) is 13.3. The van der Waals surface area contributed by atoms with Crippen molar-refractivity contribution in [1.29, 1.82) is 0 Å². The van der Waals surface area contributed by atoms with Gasteiger partial charge in [-0.1, -0.05) is 18.5 Å². The molecule has 8 nitrogen and oxygen atoms in total. The van der Waals surface area contributed by atoms with Crippen LogP contribution in [0, 0.1) is 11.7 Å². The summed E-state index contributed by atoms with van der Waals surface area (Å²) in [4.78, 5) is 39.2. The van der Waals surface area contributed by atoms with Crippen LogP contribution in [-0.4, -0.2) is 69.2 Å². The van der Waals surface area contributed by atoms with Gasteiger partial charge in [-0.05, 0) is 18.2 Å². The largest absolute Gasteiger partial charge is 0.375 e. The van der Waals surface area contributed by atoms with Gasteiger partial charge in [0.25, 0.3) is 5.91 Å². The molecule has 1 aliphatic rings. The summed E-state index contributed by atoms with van der Waals surface area (Å²) in [6.07, 6.45) is 0. The Balaban J connectivity index is 1.78. The maximum absolute atomic E-state index is 13.3. The molecule has 0 aromatic heterocycles. The Morgan fingerprint density at radius 2 is 1.93 bits per heavy atom. The average Bonchev–Trinajstić information content (AvgIpc) is 2.68. The zero-order valence-electron chi connectivity index (χ0n) is 15.8. The van der Waals surface area contributed by atoms with E-state index in [2.05, 4.69) is 15.4 Å². The molecular formula is C18H24ClFN4O4. The lowest BCUT2D eigenvalue weighted by Crippen LogP contribution is -2.51. The molecule has 1 aliphatic heterocycles. The second kappa shape index (κ2) is 10.2. The Bertz CT molecular complexity index is 726. The fourth-order valence-electron chi connectivity index (χ4n) is 2.85. The molecule has 0 saturated carbocycles. The van der Waals surface area contributed by atoms with Crippen molar-refractivity contribution in [2.24, 2.45) is 5.92 Å². The number of hydrogen-bond acceptors (Lipinski definition) is 5. The molecule has 1 fully saturated rings. The van der Waals surface area contributed by atoms with Crippen molar-refractivity contribution < 1.29 is 23.5 Å². The summed E-state index contributed by atoms with van der Waals surface area (Å²) < 4.78 is 17.9. The van der Waals surface area contributed by atoms with E-state index in [-0.39, 0.29) is 24.1 Å². The third kappa shape index (κ3) is 6.07. The number of ether oxygens (including phenoxy) is 1. The quantitative estimate of drug-likeness (QED) is 0.730. The Hall–Kier alpha value is -2.39. The highest BCUT2D eigenvalue weighted by Gasteiger charge is 2.25. The molecule has 0 aliphatic carbocycles. The summed E-state index contributed by atoms with van der Waals surface area (Å²) in [5.41, 5.74) is 0.811. The van der Waals surface area contributed by atoms with Crippen LogP contribution < -0.4 is 15.5 Å². The Labute approximate surface area is 167 Å². The lowest BCUT2D eigenvalue weighted by Gasteiger charge is -2.37. The third-order valence-corrected chi connectivity index (χ3v) is 4.67. The van der Waals surface area contributed by atoms with E-state index in [9.17, 15) is 18.8 Å².